The summed E-state index contributed by atoms with van der Waals surface area (Å²) in [6.07, 6.45) is 6.37. The summed E-state index contributed by atoms with van der Waals surface area (Å²) in [5.74, 6) is 0. The summed E-state index contributed by atoms with van der Waals surface area (Å²) in [5.41, 5.74) is 1.24. The molecule has 0 unspecified atom stereocenters. The highest BCUT2D eigenvalue weighted by atomic mass is 15.1. The van der Waals surface area contributed by atoms with Gasteiger partial charge < -0.3 is 10.2 Å². The number of hydrogen-bond acceptors (Lipinski definition) is 3. The molecule has 4 heteroatoms. The Morgan fingerprint density at radius 2 is 2.33 bits per heavy atom. The van der Waals surface area contributed by atoms with Crippen LogP contribution in [0, 0.1) is 0 Å². The number of aromatic amines is 1. The minimum absolute atomic E-state index is 0.683. The van der Waals surface area contributed by atoms with E-state index >= 15 is 0 Å². The summed E-state index contributed by atoms with van der Waals surface area (Å²) in [6.45, 7) is 6.83. The lowest BCUT2D eigenvalue weighted by atomic mass is 10.1. The molecule has 0 spiro atoms. The van der Waals surface area contributed by atoms with Crippen LogP contribution in [0.4, 0.5) is 0 Å². The van der Waals surface area contributed by atoms with E-state index in [-0.39, 0.29) is 0 Å². The van der Waals surface area contributed by atoms with Gasteiger partial charge in [-0.3, -0.25) is 5.10 Å². The summed E-state index contributed by atoms with van der Waals surface area (Å²) in [4.78, 5) is 2.51. The van der Waals surface area contributed by atoms with Crippen molar-refractivity contribution < 1.29 is 0 Å². The minimum Gasteiger partial charge on any atom is -0.310 e. The van der Waals surface area contributed by atoms with Crippen molar-refractivity contribution in [2.75, 3.05) is 19.6 Å². The minimum atomic E-state index is 0.683. The van der Waals surface area contributed by atoms with Crippen molar-refractivity contribution in [2.45, 2.75) is 32.4 Å². The van der Waals surface area contributed by atoms with E-state index in [2.05, 4.69) is 27.3 Å². The molecule has 0 atom stereocenters. The van der Waals surface area contributed by atoms with Gasteiger partial charge in [-0.25, -0.2) is 0 Å². The SMILES string of the molecule is CCN1CCC(NCc2cn[nH]c2)CC1. The van der Waals surface area contributed by atoms with Gasteiger partial charge in [-0.2, -0.15) is 5.10 Å². The number of aromatic nitrogens is 2. The second-order valence-corrected chi connectivity index (χ2v) is 4.20. The van der Waals surface area contributed by atoms with Crippen molar-refractivity contribution in [3.8, 4) is 0 Å². The normalized spacial score (nSPS) is 19.5. The van der Waals surface area contributed by atoms with Crippen LogP contribution in [0.25, 0.3) is 0 Å². The Morgan fingerprint density at radius 3 is 2.93 bits per heavy atom. The molecule has 0 saturated carbocycles. The summed E-state index contributed by atoms with van der Waals surface area (Å²) in [7, 11) is 0. The fourth-order valence-corrected chi connectivity index (χ4v) is 2.09. The predicted octanol–water partition coefficient (Wildman–Crippen LogP) is 0.984. The summed E-state index contributed by atoms with van der Waals surface area (Å²) >= 11 is 0. The third kappa shape index (κ3) is 3.04. The van der Waals surface area contributed by atoms with Crippen molar-refractivity contribution in [1.82, 2.24) is 20.4 Å². The Balaban J connectivity index is 1.69. The Bertz CT molecular complexity index is 262. The molecule has 0 aromatic carbocycles. The lowest BCUT2D eigenvalue weighted by Crippen LogP contribution is -2.42. The van der Waals surface area contributed by atoms with Crippen LogP contribution >= 0.6 is 0 Å². The van der Waals surface area contributed by atoms with E-state index in [1.54, 1.807) is 0 Å². The molecule has 84 valence electrons. The molecule has 1 saturated heterocycles. The molecule has 0 amide bonds. The van der Waals surface area contributed by atoms with E-state index in [1.165, 1.54) is 38.0 Å². The standard InChI is InChI=1S/C11H20N4/c1-2-15-5-3-11(4-6-15)12-7-10-8-13-14-9-10/h8-9,11-12H,2-7H2,1H3,(H,13,14). The fourth-order valence-electron chi connectivity index (χ4n) is 2.09. The molecule has 1 aliphatic rings. The van der Waals surface area contributed by atoms with Gasteiger partial charge in [0.05, 0.1) is 6.20 Å². The molecule has 0 aliphatic carbocycles. The van der Waals surface area contributed by atoms with Crippen LogP contribution < -0.4 is 5.32 Å². The van der Waals surface area contributed by atoms with E-state index < -0.39 is 0 Å². The Kier molecular flexibility index (Phi) is 3.75. The van der Waals surface area contributed by atoms with Crippen LogP contribution in [-0.2, 0) is 6.54 Å². The first-order valence-corrected chi connectivity index (χ1v) is 5.82. The lowest BCUT2D eigenvalue weighted by Gasteiger charge is -2.31. The van der Waals surface area contributed by atoms with Crippen LogP contribution in [0.3, 0.4) is 0 Å². The van der Waals surface area contributed by atoms with Gasteiger partial charge in [0.1, 0.15) is 0 Å². The molecule has 0 bridgehead atoms. The molecule has 0 radical (unpaired) electrons. The van der Waals surface area contributed by atoms with Crippen LogP contribution in [0.15, 0.2) is 12.4 Å². The van der Waals surface area contributed by atoms with Gasteiger partial charge in [0.25, 0.3) is 0 Å². The number of nitrogens with one attached hydrogen (secondary N) is 2. The van der Waals surface area contributed by atoms with Gasteiger partial charge in [-0.05, 0) is 32.5 Å². The number of nitrogens with zero attached hydrogens (tertiary/aromatic N) is 2. The molecule has 1 aromatic rings. The van der Waals surface area contributed by atoms with E-state index in [1.807, 2.05) is 12.4 Å². The maximum atomic E-state index is 3.94. The van der Waals surface area contributed by atoms with Crippen LogP contribution in [0.5, 0.6) is 0 Å². The number of H-pyrrole nitrogens is 1. The number of piperidine rings is 1. The molecule has 1 aliphatic heterocycles. The maximum Gasteiger partial charge on any atom is 0.0532 e. The van der Waals surface area contributed by atoms with Crippen LogP contribution in [0.1, 0.15) is 25.3 Å². The van der Waals surface area contributed by atoms with E-state index in [4.69, 9.17) is 0 Å². The monoisotopic (exact) mass is 208 g/mol. The molecule has 2 rings (SSSR count). The zero-order chi connectivity index (χ0) is 10.5. The Morgan fingerprint density at radius 1 is 1.53 bits per heavy atom. The highest BCUT2D eigenvalue weighted by Gasteiger charge is 2.17. The van der Waals surface area contributed by atoms with E-state index in [0.29, 0.717) is 6.04 Å². The van der Waals surface area contributed by atoms with Crippen molar-refractivity contribution in [1.29, 1.82) is 0 Å². The third-order valence-electron chi connectivity index (χ3n) is 3.18. The zero-order valence-corrected chi connectivity index (χ0v) is 9.37. The predicted molar refractivity (Wildman–Crippen MR) is 60.6 cm³/mol. The molecule has 4 nitrogen and oxygen atoms in total. The number of hydrogen-bond donors (Lipinski definition) is 2. The molecule has 1 fully saturated rings. The van der Waals surface area contributed by atoms with Gasteiger partial charge in [0, 0.05) is 24.3 Å². The largest absolute Gasteiger partial charge is 0.310 e. The van der Waals surface area contributed by atoms with Crippen LogP contribution in [0.2, 0.25) is 0 Å². The molecule has 2 N–H and O–H groups in total. The van der Waals surface area contributed by atoms with Gasteiger partial charge >= 0.3 is 0 Å². The topological polar surface area (TPSA) is 44.0 Å². The van der Waals surface area contributed by atoms with Gasteiger partial charge in [0.2, 0.25) is 0 Å². The van der Waals surface area contributed by atoms with E-state index in [9.17, 15) is 0 Å². The fraction of sp³-hybridized carbons (Fsp3) is 0.727. The highest BCUT2D eigenvalue weighted by Crippen LogP contribution is 2.10. The Labute approximate surface area is 91.1 Å². The quantitative estimate of drug-likeness (QED) is 0.775. The summed E-state index contributed by atoms with van der Waals surface area (Å²) in [6, 6.07) is 0.683. The Hall–Kier alpha value is -0.870. The summed E-state index contributed by atoms with van der Waals surface area (Å²) < 4.78 is 0. The number of rotatable bonds is 4. The lowest BCUT2D eigenvalue weighted by molar-refractivity contribution is 0.206. The van der Waals surface area contributed by atoms with Gasteiger partial charge in [-0.1, -0.05) is 6.92 Å². The molecule has 15 heavy (non-hydrogen) atoms. The summed E-state index contributed by atoms with van der Waals surface area (Å²) in [5, 5.41) is 10.4. The van der Waals surface area contributed by atoms with Crippen molar-refractivity contribution in [3.63, 3.8) is 0 Å². The maximum absolute atomic E-state index is 3.94. The molecule has 1 aromatic heterocycles. The molecule has 2 heterocycles. The smallest absolute Gasteiger partial charge is 0.0532 e. The van der Waals surface area contributed by atoms with Crippen molar-refractivity contribution in [3.05, 3.63) is 18.0 Å². The van der Waals surface area contributed by atoms with Crippen molar-refractivity contribution >= 4 is 0 Å². The number of likely N-dealkylation sites (tertiary alicyclic amines) is 1. The first-order chi connectivity index (χ1) is 7.38. The van der Waals surface area contributed by atoms with Crippen molar-refractivity contribution in [2.24, 2.45) is 0 Å². The second-order valence-electron chi connectivity index (χ2n) is 4.20. The second kappa shape index (κ2) is 5.28. The third-order valence-corrected chi connectivity index (χ3v) is 3.18. The highest BCUT2D eigenvalue weighted by molar-refractivity contribution is 5.01. The van der Waals surface area contributed by atoms with E-state index in [0.717, 1.165) is 6.54 Å². The first kappa shape index (κ1) is 10.6. The van der Waals surface area contributed by atoms with Crippen LogP contribution in [-0.4, -0.2) is 40.8 Å². The average molecular weight is 208 g/mol. The van der Waals surface area contributed by atoms with Gasteiger partial charge in [0.15, 0.2) is 0 Å². The average Bonchev–Trinajstić information content (AvgIpc) is 2.80. The molecular weight excluding hydrogens is 188 g/mol. The molecular formula is C11H20N4. The first-order valence-electron chi connectivity index (χ1n) is 5.82. The zero-order valence-electron chi connectivity index (χ0n) is 9.37. The van der Waals surface area contributed by atoms with Gasteiger partial charge in [-0.15, -0.1) is 0 Å².